The monoisotopic (exact) mass is 198 g/mol. The summed E-state index contributed by atoms with van der Waals surface area (Å²) in [4.78, 5) is 24.0. The first-order chi connectivity index (χ1) is 6.66. The van der Waals surface area contributed by atoms with Crippen molar-refractivity contribution in [1.82, 2.24) is 10.2 Å². The van der Waals surface area contributed by atoms with Gasteiger partial charge in [0.25, 0.3) is 5.91 Å². The van der Waals surface area contributed by atoms with E-state index in [0.29, 0.717) is 6.54 Å². The highest BCUT2D eigenvalue weighted by atomic mass is 16.2. The molecule has 80 valence electrons. The van der Waals surface area contributed by atoms with Gasteiger partial charge in [0.2, 0.25) is 0 Å². The molecule has 0 aromatic rings. The van der Waals surface area contributed by atoms with Crippen LogP contribution in [-0.2, 0) is 4.79 Å². The summed E-state index contributed by atoms with van der Waals surface area (Å²) in [5, 5.41) is 2.31. The Kier molecular flexibility index (Phi) is 3.92. The summed E-state index contributed by atoms with van der Waals surface area (Å²) < 4.78 is 0. The molecule has 1 atom stereocenters. The third-order valence-electron chi connectivity index (χ3n) is 2.59. The molecule has 1 unspecified atom stereocenters. The van der Waals surface area contributed by atoms with Crippen LogP contribution >= 0.6 is 0 Å². The number of unbranched alkanes of at least 4 members (excludes halogenated alkanes) is 3. The Morgan fingerprint density at radius 2 is 2.00 bits per heavy atom. The largest absolute Gasteiger partial charge is 0.324 e. The van der Waals surface area contributed by atoms with Gasteiger partial charge in [0.05, 0.1) is 0 Å². The predicted octanol–water partition coefficient (Wildman–Crippen LogP) is 1.51. The SMILES string of the molecule is CCCCCCN1C(=O)NC(=O)C1C. The number of amides is 3. The summed E-state index contributed by atoms with van der Waals surface area (Å²) in [7, 11) is 0. The van der Waals surface area contributed by atoms with Gasteiger partial charge < -0.3 is 4.90 Å². The van der Waals surface area contributed by atoms with Crippen molar-refractivity contribution in [3.8, 4) is 0 Å². The van der Waals surface area contributed by atoms with Crippen LogP contribution in [0.5, 0.6) is 0 Å². The van der Waals surface area contributed by atoms with Crippen molar-refractivity contribution in [3.05, 3.63) is 0 Å². The third-order valence-corrected chi connectivity index (χ3v) is 2.59. The number of hydrogen-bond acceptors (Lipinski definition) is 2. The molecule has 14 heavy (non-hydrogen) atoms. The highest BCUT2D eigenvalue weighted by Gasteiger charge is 2.33. The Morgan fingerprint density at radius 1 is 1.29 bits per heavy atom. The zero-order valence-corrected chi connectivity index (χ0v) is 8.88. The van der Waals surface area contributed by atoms with Crippen molar-refractivity contribution in [2.45, 2.75) is 45.6 Å². The van der Waals surface area contributed by atoms with Crippen LogP contribution in [0.2, 0.25) is 0 Å². The molecule has 0 aromatic carbocycles. The van der Waals surface area contributed by atoms with E-state index in [-0.39, 0.29) is 18.0 Å². The standard InChI is InChI=1S/C10H18N2O2/c1-3-4-5-6-7-12-8(2)9(13)11-10(12)14/h8H,3-7H2,1-2H3,(H,11,13,14). The number of nitrogens with zero attached hydrogens (tertiary/aromatic N) is 1. The molecule has 1 saturated heterocycles. The van der Waals surface area contributed by atoms with Crippen molar-refractivity contribution in [3.63, 3.8) is 0 Å². The second-order valence-electron chi connectivity index (χ2n) is 3.72. The maximum absolute atomic E-state index is 11.3. The fourth-order valence-corrected chi connectivity index (χ4v) is 1.60. The second-order valence-corrected chi connectivity index (χ2v) is 3.72. The Labute approximate surface area is 84.7 Å². The van der Waals surface area contributed by atoms with Gasteiger partial charge in [-0.15, -0.1) is 0 Å². The molecule has 0 bridgehead atoms. The Morgan fingerprint density at radius 3 is 2.50 bits per heavy atom. The number of hydrogen-bond donors (Lipinski definition) is 1. The van der Waals surface area contributed by atoms with E-state index in [9.17, 15) is 9.59 Å². The molecule has 4 nitrogen and oxygen atoms in total. The van der Waals surface area contributed by atoms with E-state index in [4.69, 9.17) is 0 Å². The van der Waals surface area contributed by atoms with E-state index in [1.165, 1.54) is 12.8 Å². The number of nitrogens with one attached hydrogen (secondary N) is 1. The van der Waals surface area contributed by atoms with Crippen LogP contribution in [0.4, 0.5) is 4.79 Å². The van der Waals surface area contributed by atoms with E-state index in [2.05, 4.69) is 12.2 Å². The molecule has 0 radical (unpaired) electrons. The van der Waals surface area contributed by atoms with Gasteiger partial charge in [0.15, 0.2) is 0 Å². The van der Waals surface area contributed by atoms with Crippen molar-refractivity contribution < 1.29 is 9.59 Å². The molecule has 0 saturated carbocycles. The van der Waals surface area contributed by atoms with Gasteiger partial charge in [-0.2, -0.15) is 0 Å². The average Bonchev–Trinajstić information content (AvgIpc) is 2.38. The molecule has 0 aromatic heterocycles. The number of carbonyl (C=O) groups is 2. The molecular weight excluding hydrogens is 180 g/mol. The van der Waals surface area contributed by atoms with E-state index in [1.54, 1.807) is 11.8 Å². The summed E-state index contributed by atoms with van der Waals surface area (Å²) in [6.07, 6.45) is 4.48. The van der Waals surface area contributed by atoms with Gasteiger partial charge in [-0.25, -0.2) is 4.79 Å². The highest BCUT2D eigenvalue weighted by molar-refractivity contribution is 6.03. The third kappa shape index (κ3) is 2.47. The zero-order valence-electron chi connectivity index (χ0n) is 8.88. The topological polar surface area (TPSA) is 49.4 Å². The van der Waals surface area contributed by atoms with Crippen LogP contribution in [-0.4, -0.2) is 29.4 Å². The lowest BCUT2D eigenvalue weighted by atomic mass is 10.2. The minimum Gasteiger partial charge on any atom is -0.313 e. The van der Waals surface area contributed by atoms with Gasteiger partial charge in [-0.05, 0) is 13.3 Å². The summed E-state index contributed by atoms with van der Waals surface area (Å²) in [5.41, 5.74) is 0. The van der Waals surface area contributed by atoms with E-state index in [1.807, 2.05) is 0 Å². The highest BCUT2D eigenvalue weighted by Crippen LogP contribution is 2.10. The molecule has 1 N–H and O–H groups in total. The minimum atomic E-state index is -0.288. The maximum atomic E-state index is 11.3. The van der Waals surface area contributed by atoms with Crippen molar-refractivity contribution in [2.75, 3.05) is 6.54 Å². The smallest absolute Gasteiger partial charge is 0.313 e. The molecule has 3 amide bonds. The molecule has 4 heteroatoms. The molecule has 1 rings (SSSR count). The quantitative estimate of drug-likeness (QED) is 0.537. The lowest BCUT2D eigenvalue weighted by molar-refractivity contribution is -0.121. The first-order valence-electron chi connectivity index (χ1n) is 5.28. The lowest BCUT2D eigenvalue weighted by Gasteiger charge is -2.17. The molecule has 1 aliphatic heterocycles. The molecule has 1 aliphatic rings. The van der Waals surface area contributed by atoms with Gasteiger partial charge in [-0.1, -0.05) is 26.2 Å². The van der Waals surface area contributed by atoms with Crippen LogP contribution in [0.25, 0.3) is 0 Å². The van der Waals surface area contributed by atoms with E-state index < -0.39 is 0 Å². The van der Waals surface area contributed by atoms with Crippen molar-refractivity contribution in [1.29, 1.82) is 0 Å². The fraction of sp³-hybridized carbons (Fsp3) is 0.800. The molecule has 1 fully saturated rings. The van der Waals surface area contributed by atoms with Gasteiger partial charge in [0, 0.05) is 6.54 Å². The summed E-state index contributed by atoms with van der Waals surface area (Å²) in [5.74, 6) is -0.175. The number of imide groups is 1. The van der Waals surface area contributed by atoms with Crippen LogP contribution in [0.3, 0.4) is 0 Å². The Balaban J connectivity index is 2.29. The minimum absolute atomic E-state index is 0.175. The second kappa shape index (κ2) is 4.98. The first-order valence-corrected chi connectivity index (χ1v) is 5.28. The first kappa shape index (κ1) is 11.0. The summed E-state index contributed by atoms with van der Waals surface area (Å²) in [6, 6.07) is -0.525. The van der Waals surface area contributed by atoms with Crippen molar-refractivity contribution >= 4 is 11.9 Å². The summed E-state index contributed by atoms with van der Waals surface area (Å²) in [6.45, 7) is 4.60. The van der Waals surface area contributed by atoms with Gasteiger partial charge in [-0.3, -0.25) is 10.1 Å². The fourth-order valence-electron chi connectivity index (χ4n) is 1.60. The normalized spacial score (nSPS) is 21.6. The van der Waals surface area contributed by atoms with E-state index >= 15 is 0 Å². The maximum Gasteiger partial charge on any atom is 0.324 e. The lowest BCUT2D eigenvalue weighted by Crippen LogP contribution is -2.33. The molecule has 0 spiro atoms. The molecule has 0 aliphatic carbocycles. The van der Waals surface area contributed by atoms with Crippen LogP contribution < -0.4 is 5.32 Å². The zero-order chi connectivity index (χ0) is 10.6. The number of rotatable bonds is 5. The van der Waals surface area contributed by atoms with Crippen LogP contribution in [0.15, 0.2) is 0 Å². The Hall–Kier alpha value is -1.06. The predicted molar refractivity (Wildman–Crippen MR) is 53.8 cm³/mol. The van der Waals surface area contributed by atoms with Crippen LogP contribution in [0, 0.1) is 0 Å². The van der Waals surface area contributed by atoms with E-state index in [0.717, 1.165) is 12.8 Å². The van der Waals surface area contributed by atoms with Crippen LogP contribution in [0.1, 0.15) is 39.5 Å². The molecule has 1 heterocycles. The molecular formula is C10H18N2O2. The number of carbonyl (C=O) groups excluding carboxylic acids is 2. The van der Waals surface area contributed by atoms with Gasteiger partial charge >= 0.3 is 6.03 Å². The average molecular weight is 198 g/mol. The Bertz CT molecular complexity index is 228. The van der Waals surface area contributed by atoms with Crippen molar-refractivity contribution in [2.24, 2.45) is 0 Å². The number of urea groups is 1. The summed E-state index contributed by atoms with van der Waals surface area (Å²) >= 11 is 0. The van der Waals surface area contributed by atoms with Gasteiger partial charge in [0.1, 0.15) is 6.04 Å².